The number of rotatable bonds is 1. The molecule has 0 saturated carbocycles. The standard InChI is InChI=1S/C9H9BrN2O/c10-6-1-3-7(4-2-6)12-5-8(11)9(12)13/h1-4,8H,5,11H2/t8-/m1/s1. The molecule has 1 aromatic carbocycles. The molecule has 0 spiro atoms. The molecule has 1 heterocycles. The molecule has 3 nitrogen and oxygen atoms in total. The van der Waals surface area contributed by atoms with E-state index in [1.165, 1.54) is 0 Å². The van der Waals surface area contributed by atoms with Gasteiger partial charge in [-0.3, -0.25) is 4.79 Å². The van der Waals surface area contributed by atoms with Crippen molar-refractivity contribution in [1.82, 2.24) is 0 Å². The smallest absolute Gasteiger partial charge is 0.245 e. The van der Waals surface area contributed by atoms with E-state index in [1.54, 1.807) is 4.90 Å². The van der Waals surface area contributed by atoms with Crippen molar-refractivity contribution < 1.29 is 4.79 Å². The Labute approximate surface area is 84.6 Å². The van der Waals surface area contributed by atoms with Crippen LogP contribution in [0.3, 0.4) is 0 Å². The van der Waals surface area contributed by atoms with Gasteiger partial charge in [0.15, 0.2) is 0 Å². The van der Waals surface area contributed by atoms with Crippen molar-refractivity contribution in [2.75, 3.05) is 11.4 Å². The highest BCUT2D eigenvalue weighted by atomic mass is 79.9. The van der Waals surface area contributed by atoms with Crippen LogP contribution in [0.4, 0.5) is 5.69 Å². The number of amides is 1. The van der Waals surface area contributed by atoms with E-state index in [9.17, 15) is 4.79 Å². The summed E-state index contributed by atoms with van der Waals surface area (Å²) in [6.45, 7) is 0.625. The monoisotopic (exact) mass is 240 g/mol. The maximum atomic E-state index is 11.2. The van der Waals surface area contributed by atoms with Gasteiger partial charge in [-0.2, -0.15) is 0 Å². The quantitative estimate of drug-likeness (QED) is 0.749. The van der Waals surface area contributed by atoms with Crippen LogP contribution < -0.4 is 10.6 Å². The number of benzene rings is 1. The summed E-state index contributed by atoms with van der Waals surface area (Å²) in [5.74, 6) is 0.00215. The molecule has 13 heavy (non-hydrogen) atoms. The molecule has 0 unspecified atom stereocenters. The Morgan fingerprint density at radius 1 is 1.38 bits per heavy atom. The number of β-lactam (4-membered cyclic amide) rings is 1. The van der Waals surface area contributed by atoms with Crippen LogP contribution >= 0.6 is 15.9 Å². The van der Waals surface area contributed by atoms with Gasteiger partial charge in [0.25, 0.3) is 0 Å². The third-order valence-corrected chi connectivity index (χ3v) is 2.63. The largest absolute Gasteiger partial charge is 0.318 e. The Kier molecular flexibility index (Phi) is 2.09. The minimum Gasteiger partial charge on any atom is -0.318 e. The van der Waals surface area contributed by atoms with E-state index in [4.69, 9.17) is 5.73 Å². The van der Waals surface area contributed by atoms with Gasteiger partial charge in [-0.1, -0.05) is 15.9 Å². The predicted molar refractivity (Wildman–Crippen MR) is 54.5 cm³/mol. The van der Waals surface area contributed by atoms with Crippen LogP contribution in [0.5, 0.6) is 0 Å². The third-order valence-electron chi connectivity index (χ3n) is 2.10. The summed E-state index contributed by atoms with van der Waals surface area (Å²) in [4.78, 5) is 12.9. The summed E-state index contributed by atoms with van der Waals surface area (Å²) >= 11 is 3.33. The van der Waals surface area contributed by atoms with Crippen LogP contribution in [0.1, 0.15) is 0 Å². The van der Waals surface area contributed by atoms with Gasteiger partial charge in [-0.15, -0.1) is 0 Å². The molecule has 0 radical (unpaired) electrons. The van der Waals surface area contributed by atoms with Crippen molar-refractivity contribution in [1.29, 1.82) is 0 Å². The highest BCUT2D eigenvalue weighted by Gasteiger charge is 2.34. The lowest BCUT2D eigenvalue weighted by atomic mass is 10.1. The second-order valence-corrected chi connectivity index (χ2v) is 3.95. The van der Waals surface area contributed by atoms with Gasteiger partial charge in [0.2, 0.25) is 5.91 Å². The third kappa shape index (κ3) is 1.47. The molecule has 1 aliphatic rings. The van der Waals surface area contributed by atoms with E-state index < -0.39 is 0 Å². The van der Waals surface area contributed by atoms with Crippen molar-refractivity contribution in [3.05, 3.63) is 28.7 Å². The number of nitrogens with zero attached hydrogens (tertiary/aromatic N) is 1. The molecule has 1 saturated heterocycles. The first-order valence-corrected chi connectivity index (χ1v) is 4.80. The van der Waals surface area contributed by atoms with Crippen molar-refractivity contribution in [2.45, 2.75) is 6.04 Å². The molecular formula is C9H9BrN2O. The van der Waals surface area contributed by atoms with Gasteiger partial charge in [0.1, 0.15) is 6.04 Å². The van der Waals surface area contributed by atoms with E-state index in [-0.39, 0.29) is 11.9 Å². The fourth-order valence-corrected chi connectivity index (χ4v) is 1.57. The molecule has 2 N–H and O–H groups in total. The summed E-state index contributed by atoms with van der Waals surface area (Å²) in [5, 5.41) is 0. The van der Waals surface area contributed by atoms with E-state index >= 15 is 0 Å². The van der Waals surface area contributed by atoms with Gasteiger partial charge in [0.05, 0.1) is 6.54 Å². The topological polar surface area (TPSA) is 46.3 Å². The molecule has 1 aromatic rings. The zero-order valence-corrected chi connectivity index (χ0v) is 8.49. The van der Waals surface area contributed by atoms with Crippen molar-refractivity contribution >= 4 is 27.5 Å². The number of carbonyl (C=O) groups is 1. The van der Waals surface area contributed by atoms with E-state index in [1.807, 2.05) is 24.3 Å². The van der Waals surface area contributed by atoms with Gasteiger partial charge in [-0.25, -0.2) is 0 Å². The van der Waals surface area contributed by atoms with Crippen LogP contribution in [0.25, 0.3) is 0 Å². The first kappa shape index (κ1) is 8.72. The summed E-state index contributed by atoms with van der Waals surface area (Å²) < 4.78 is 1.01. The SMILES string of the molecule is N[C@@H]1CN(c2ccc(Br)cc2)C1=O. The van der Waals surface area contributed by atoms with Gasteiger partial charge >= 0.3 is 0 Å². The Hall–Kier alpha value is -0.870. The minimum atomic E-state index is -0.302. The predicted octanol–water partition coefficient (Wildman–Crippen LogP) is 1.12. The molecule has 0 bridgehead atoms. The molecule has 68 valence electrons. The van der Waals surface area contributed by atoms with Crippen LogP contribution in [-0.4, -0.2) is 18.5 Å². The molecule has 0 aromatic heterocycles. The van der Waals surface area contributed by atoms with Gasteiger partial charge in [-0.05, 0) is 24.3 Å². The molecular weight excluding hydrogens is 232 g/mol. The average molecular weight is 241 g/mol. The molecule has 0 aliphatic carbocycles. The molecule has 1 aliphatic heterocycles. The number of hydrogen-bond donors (Lipinski definition) is 1. The lowest BCUT2D eigenvalue weighted by Gasteiger charge is -2.36. The lowest BCUT2D eigenvalue weighted by molar-refractivity contribution is -0.123. The number of nitrogens with two attached hydrogens (primary N) is 1. The molecule has 1 atom stereocenters. The fourth-order valence-electron chi connectivity index (χ4n) is 1.31. The minimum absolute atomic E-state index is 0.00215. The Bertz CT molecular complexity index is 336. The number of anilines is 1. The fraction of sp³-hybridized carbons (Fsp3) is 0.222. The molecule has 1 fully saturated rings. The summed E-state index contributed by atoms with van der Waals surface area (Å²) in [6.07, 6.45) is 0. The molecule has 4 heteroatoms. The first-order valence-electron chi connectivity index (χ1n) is 4.01. The van der Waals surface area contributed by atoms with Gasteiger partial charge in [0, 0.05) is 10.2 Å². The molecule has 2 rings (SSSR count). The second kappa shape index (κ2) is 3.12. The summed E-state index contributed by atoms with van der Waals surface area (Å²) in [5.41, 5.74) is 6.39. The zero-order valence-electron chi connectivity index (χ0n) is 6.90. The number of carbonyl (C=O) groups excluding carboxylic acids is 1. The summed E-state index contributed by atoms with van der Waals surface area (Å²) in [6, 6.07) is 7.31. The Morgan fingerprint density at radius 3 is 2.46 bits per heavy atom. The number of halogens is 1. The van der Waals surface area contributed by atoms with Crippen LogP contribution in [0.15, 0.2) is 28.7 Å². The first-order chi connectivity index (χ1) is 6.18. The highest BCUT2D eigenvalue weighted by molar-refractivity contribution is 9.10. The summed E-state index contributed by atoms with van der Waals surface area (Å²) in [7, 11) is 0. The van der Waals surface area contributed by atoms with Crippen molar-refractivity contribution in [3.63, 3.8) is 0 Å². The van der Waals surface area contributed by atoms with Crippen LogP contribution in [0.2, 0.25) is 0 Å². The average Bonchev–Trinajstić information content (AvgIpc) is 2.15. The Balaban J connectivity index is 2.19. The van der Waals surface area contributed by atoms with E-state index in [2.05, 4.69) is 15.9 Å². The van der Waals surface area contributed by atoms with E-state index in [0.29, 0.717) is 6.54 Å². The van der Waals surface area contributed by atoms with Crippen LogP contribution in [-0.2, 0) is 4.79 Å². The van der Waals surface area contributed by atoms with Gasteiger partial charge < -0.3 is 10.6 Å². The number of hydrogen-bond acceptors (Lipinski definition) is 2. The Morgan fingerprint density at radius 2 is 2.00 bits per heavy atom. The molecule has 1 amide bonds. The normalized spacial score (nSPS) is 21.5. The maximum absolute atomic E-state index is 11.2. The highest BCUT2D eigenvalue weighted by Crippen LogP contribution is 2.22. The van der Waals surface area contributed by atoms with Crippen molar-refractivity contribution in [3.8, 4) is 0 Å². The maximum Gasteiger partial charge on any atom is 0.245 e. The second-order valence-electron chi connectivity index (χ2n) is 3.03. The van der Waals surface area contributed by atoms with Crippen LogP contribution in [0, 0.1) is 0 Å². The van der Waals surface area contributed by atoms with E-state index in [0.717, 1.165) is 10.2 Å². The zero-order chi connectivity index (χ0) is 9.42. The lowest BCUT2D eigenvalue weighted by Crippen LogP contribution is -2.61. The van der Waals surface area contributed by atoms with Crippen molar-refractivity contribution in [2.24, 2.45) is 5.73 Å².